The van der Waals surface area contributed by atoms with Crippen molar-refractivity contribution < 1.29 is 18.0 Å². The van der Waals surface area contributed by atoms with Crippen LogP contribution in [0, 0.1) is 13.8 Å². The van der Waals surface area contributed by atoms with Crippen LogP contribution in [0.15, 0.2) is 66.7 Å². The lowest BCUT2D eigenvalue weighted by atomic mass is 10.00. The van der Waals surface area contributed by atoms with Gasteiger partial charge in [0.2, 0.25) is 21.8 Å². The molecule has 0 spiro atoms. The first kappa shape index (κ1) is 34.4. The average Bonchev–Trinajstić information content (AvgIpc) is 2.90. The molecule has 3 rings (SSSR count). The molecule has 0 fully saturated rings. The second-order valence-corrected chi connectivity index (χ2v) is 14.6. The fraction of sp³-hybridized carbons (Fsp3) is 0.394. The molecule has 10 heteroatoms. The Balaban J connectivity index is 1.95. The Morgan fingerprint density at radius 2 is 1.53 bits per heavy atom. The van der Waals surface area contributed by atoms with Crippen LogP contribution in [0.4, 0.5) is 5.69 Å². The number of nitrogens with zero attached hydrogens (tertiary/aromatic N) is 2. The summed E-state index contributed by atoms with van der Waals surface area (Å²) in [6, 6.07) is 19.2. The Hall–Kier alpha value is -3.07. The van der Waals surface area contributed by atoms with Gasteiger partial charge in [-0.15, -0.1) is 0 Å². The van der Waals surface area contributed by atoms with E-state index < -0.39 is 21.6 Å². The summed E-state index contributed by atoms with van der Waals surface area (Å²) in [5.41, 5.74) is 3.46. The van der Waals surface area contributed by atoms with Crippen molar-refractivity contribution >= 4 is 50.7 Å². The topological polar surface area (TPSA) is 86.8 Å². The lowest BCUT2D eigenvalue weighted by molar-refractivity contribution is -0.142. The molecule has 0 aliphatic heterocycles. The molecule has 0 aliphatic rings. The van der Waals surface area contributed by atoms with Crippen molar-refractivity contribution in [2.75, 3.05) is 17.1 Å². The number of aryl methyl sites for hydroxylation is 2. The molecule has 3 aromatic rings. The van der Waals surface area contributed by atoms with Gasteiger partial charge in [0.15, 0.2) is 0 Å². The Morgan fingerprint density at radius 3 is 2.09 bits per heavy atom. The van der Waals surface area contributed by atoms with E-state index in [2.05, 4.69) is 5.32 Å². The predicted molar refractivity (Wildman–Crippen MR) is 176 cm³/mol. The van der Waals surface area contributed by atoms with E-state index in [9.17, 15) is 18.0 Å². The fourth-order valence-electron chi connectivity index (χ4n) is 4.75. The molecule has 0 bridgehead atoms. The molecular formula is C33H41Cl2N3O4S. The van der Waals surface area contributed by atoms with E-state index in [-0.39, 0.29) is 44.2 Å². The number of sulfonamides is 1. The zero-order valence-electron chi connectivity index (χ0n) is 25.7. The minimum absolute atomic E-state index is 0.00697. The number of carbonyl (C=O) groups is 2. The third kappa shape index (κ3) is 9.98. The highest BCUT2D eigenvalue weighted by Gasteiger charge is 2.33. The highest BCUT2D eigenvalue weighted by Crippen LogP contribution is 2.28. The third-order valence-corrected chi connectivity index (χ3v) is 8.99. The summed E-state index contributed by atoms with van der Waals surface area (Å²) < 4.78 is 26.8. The van der Waals surface area contributed by atoms with Gasteiger partial charge in [0.1, 0.15) is 6.04 Å². The second kappa shape index (κ2) is 14.6. The summed E-state index contributed by atoms with van der Waals surface area (Å²) in [6.45, 7) is 9.65. The molecule has 1 atom stereocenters. The summed E-state index contributed by atoms with van der Waals surface area (Å²) in [5.74, 6) is -0.615. The van der Waals surface area contributed by atoms with Crippen LogP contribution in [-0.4, -0.2) is 49.5 Å². The molecule has 0 radical (unpaired) electrons. The maximum absolute atomic E-state index is 14.0. The van der Waals surface area contributed by atoms with Crippen molar-refractivity contribution in [3.63, 3.8) is 0 Å². The molecule has 0 saturated heterocycles. The average molecular weight is 647 g/mol. The van der Waals surface area contributed by atoms with Gasteiger partial charge in [-0.2, -0.15) is 0 Å². The van der Waals surface area contributed by atoms with Crippen LogP contribution >= 0.6 is 23.2 Å². The maximum Gasteiger partial charge on any atom is 0.243 e. The lowest BCUT2D eigenvalue weighted by Gasteiger charge is -2.34. The molecular weight excluding hydrogens is 605 g/mol. The SMILES string of the molecule is Cc1ccc(N(CCCC(=O)N(Cc2c(Cl)cccc2Cl)C(Cc2ccccc2)C(=O)NC(C)(C)C)S(C)(=O)=O)cc1C. The summed E-state index contributed by atoms with van der Waals surface area (Å²) in [5, 5.41) is 3.80. The van der Waals surface area contributed by atoms with Crippen LogP contribution in [0.3, 0.4) is 0 Å². The molecule has 232 valence electrons. The van der Waals surface area contributed by atoms with Crippen LogP contribution in [0.1, 0.15) is 55.9 Å². The van der Waals surface area contributed by atoms with Gasteiger partial charge in [0, 0.05) is 47.1 Å². The number of rotatable bonds is 12. The van der Waals surface area contributed by atoms with Gasteiger partial charge in [-0.1, -0.05) is 65.7 Å². The smallest absolute Gasteiger partial charge is 0.243 e. The number of halogens is 2. The van der Waals surface area contributed by atoms with E-state index in [1.807, 2.05) is 77.1 Å². The van der Waals surface area contributed by atoms with Crippen molar-refractivity contribution in [3.8, 4) is 0 Å². The summed E-state index contributed by atoms with van der Waals surface area (Å²) in [4.78, 5) is 29.3. The monoisotopic (exact) mass is 645 g/mol. The largest absolute Gasteiger partial charge is 0.350 e. The Kier molecular flexibility index (Phi) is 11.7. The van der Waals surface area contributed by atoms with Crippen LogP contribution in [0.5, 0.6) is 0 Å². The molecule has 0 aromatic heterocycles. The van der Waals surface area contributed by atoms with Crippen LogP contribution in [0.2, 0.25) is 10.0 Å². The number of hydrogen-bond donors (Lipinski definition) is 1. The number of nitrogens with one attached hydrogen (secondary N) is 1. The first-order chi connectivity index (χ1) is 20.1. The van der Waals surface area contributed by atoms with E-state index in [1.54, 1.807) is 24.3 Å². The Labute approximate surface area is 266 Å². The molecule has 1 N–H and O–H groups in total. The van der Waals surface area contributed by atoms with Crippen LogP contribution in [-0.2, 0) is 32.6 Å². The molecule has 1 unspecified atom stereocenters. The van der Waals surface area contributed by atoms with Gasteiger partial charge >= 0.3 is 0 Å². The zero-order chi connectivity index (χ0) is 31.9. The van der Waals surface area contributed by atoms with E-state index in [4.69, 9.17) is 23.2 Å². The zero-order valence-corrected chi connectivity index (χ0v) is 28.0. The first-order valence-corrected chi connectivity index (χ1v) is 16.8. The molecule has 0 aliphatic carbocycles. The van der Waals surface area contributed by atoms with Crippen LogP contribution in [0.25, 0.3) is 0 Å². The van der Waals surface area contributed by atoms with Gasteiger partial charge in [-0.05, 0) is 82.0 Å². The van der Waals surface area contributed by atoms with Gasteiger partial charge < -0.3 is 10.2 Å². The van der Waals surface area contributed by atoms with Gasteiger partial charge in [0.05, 0.1) is 11.9 Å². The van der Waals surface area contributed by atoms with Crippen LogP contribution < -0.4 is 9.62 Å². The van der Waals surface area contributed by atoms with Gasteiger partial charge in [-0.25, -0.2) is 8.42 Å². The minimum Gasteiger partial charge on any atom is -0.350 e. The molecule has 0 saturated carbocycles. The molecule has 2 amide bonds. The van der Waals surface area contributed by atoms with Crippen molar-refractivity contribution in [3.05, 3.63) is 99.0 Å². The predicted octanol–water partition coefficient (Wildman–Crippen LogP) is 6.71. The normalized spacial score (nSPS) is 12.5. The Bertz CT molecular complexity index is 1520. The molecule has 3 aromatic carbocycles. The number of benzene rings is 3. The van der Waals surface area contributed by atoms with Gasteiger partial charge in [0.25, 0.3) is 0 Å². The van der Waals surface area contributed by atoms with Crippen molar-refractivity contribution in [1.29, 1.82) is 0 Å². The highest BCUT2D eigenvalue weighted by molar-refractivity contribution is 7.92. The molecule has 43 heavy (non-hydrogen) atoms. The third-order valence-electron chi connectivity index (χ3n) is 7.09. The van der Waals surface area contributed by atoms with Crippen molar-refractivity contribution in [2.45, 2.75) is 72.0 Å². The van der Waals surface area contributed by atoms with Crippen molar-refractivity contribution in [2.24, 2.45) is 0 Å². The summed E-state index contributed by atoms with van der Waals surface area (Å²) in [6.07, 6.45) is 1.68. The van der Waals surface area contributed by atoms with E-state index in [0.717, 1.165) is 22.9 Å². The summed E-state index contributed by atoms with van der Waals surface area (Å²) >= 11 is 13.0. The highest BCUT2D eigenvalue weighted by atomic mass is 35.5. The van der Waals surface area contributed by atoms with E-state index >= 15 is 0 Å². The molecule has 0 heterocycles. The molecule has 7 nitrogen and oxygen atoms in total. The quantitative estimate of drug-likeness (QED) is 0.237. The Morgan fingerprint density at radius 1 is 0.907 bits per heavy atom. The minimum atomic E-state index is -3.61. The van der Waals surface area contributed by atoms with E-state index in [1.165, 1.54) is 9.21 Å². The van der Waals surface area contributed by atoms with Gasteiger partial charge in [-0.3, -0.25) is 13.9 Å². The van der Waals surface area contributed by atoms with E-state index in [0.29, 0.717) is 21.3 Å². The number of hydrogen-bond acceptors (Lipinski definition) is 4. The maximum atomic E-state index is 14.0. The van der Waals surface area contributed by atoms with Crippen molar-refractivity contribution in [1.82, 2.24) is 10.2 Å². The fourth-order valence-corrected chi connectivity index (χ4v) is 6.22. The standard InChI is InChI=1S/C33H41Cl2N3O4S/c1-23-17-18-26(20-24(23)2)38(43(6,41)42)19-11-16-31(39)37(22-27-28(34)14-10-15-29(27)35)30(32(40)36-33(3,4)5)21-25-12-8-7-9-13-25/h7-10,12-15,17-18,20,30H,11,16,19,21-22H2,1-6H3,(H,36,40). The first-order valence-electron chi connectivity index (χ1n) is 14.2. The number of amides is 2. The second-order valence-electron chi connectivity index (χ2n) is 11.9. The lowest BCUT2D eigenvalue weighted by Crippen LogP contribution is -2.54. The number of anilines is 1. The summed E-state index contributed by atoms with van der Waals surface area (Å²) in [7, 11) is -3.61. The number of carbonyl (C=O) groups excluding carboxylic acids is 2.